The molecule has 0 radical (unpaired) electrons. The Morgan fingerprint density at radius 2 is 1.76 bits per heavy atom. The third kappa shape index (κ3) is 5.93. The van der Waals surface area contributed by atoms with Crippen LogP contribution in [0.5, 0.6) is 5.75 Å². The van der Waals surface area contributed by atoms with Gasteiger partial charge in [0.2, 0.25) is 0 Å². The van der Waals surface area contributed by atoms with Gasteiger partial charge < -0.3 is 19.3 Å². The number of ether oxygens (including phenoxy) is 1. The number of likely N-dealkylation sites (N-methyl/N-ethyl adjacent to an activating group) is 2. The molecule has 1 atom stereocenters. The second kappa shape index (κ2) is 12.5. The second-order valence-electron chi connectivity index (χ2n) is 10.5. The highest BCUT2D eigenvalue weighted by Crippen LogP contribution is 2.47. The number of benzene rings is 2. The van der Waals surface area contributed by atoms with Gasteiger partial charge in [-0.05, 0) is 69.7 Å². The molecule has 0 saturated heterocycles. The highest BCUT2D eigenvalue weighted by atomic mass is 35.5. The van der Waals surface area contributed by atoms with E-state index < -0.39 is 5.97 Å². The number of hydrogen-bond acceptors (Lipinski definition) is 4. The van der Waals surface area contributed by atoms with Crippen LogP contribution >= 0.6 is 24.8 Å². The number of nitrogens with zero attached hydrogens (tertiary/aromatic N) is 3. The maximum atomic E-state index is 11.9. The predicted octanol–water partition coefficient (Wildman–Crippen LogP) is 6.15. The fraction of sp³-hybridized carbons (Fsp3) is 0.483. The fourth-order valence-electron chi connectivity index (χ4n) is 5.84. The van der Waals surface area contributed by atoms with Crippen LogP contribution < -0.4 is 4.74 Å². The van der Waals surface area contributed by atoms with Crippen molar-refractivity contribution >= 4 is 41.7 Å². The number of fused-ring (bicyclic) bond motifs is 5. The Balaban J connectivity index is 0.00000190. The standard InChI is InChI=1S/C29H37N3O3.2ClH/c1-30(2)15-16-31(3)22-18-32-25-17-21(29(33)34)13-14-23(25)27(20-9-5-4-6-10-20)28(32)24-11-7-8-12-26(24)35-19-22;;/h7-8,11-14,17,20,22H,4-6,9-10,15-16,18-19H2,1-3H3,(H,33,34);2*1H/t22-;;/m1../s1. The Kier molecular flexibility index (Phi) is 9.92. The number of carboxylic acid groups (broad SMARTS) is 1. The van der Waals surface area contributed by atoms with Crippen LogP contribution in [0.1, 0.15) is 53.9 Å². The molecule has 0 unspecified atom stereocenters. The largest absolute Gasteiger partial charge is 0.491 e. The molecule has 6 nitrogen and oxygen atoms in total. The fourth-order valence-corrected chi connectivity index (χ4v) is 5.84. The lowest BCUT2D eigenvalue weighted by atomic mass is 9.81. The lowest BCUT2D eigenvalue weighted by molar-refractivity contribution is 0.0697. The Hall–Kier alpha value is -2.25. The minimum absolute atomic E-state index is 0. The number of hydrogen-bond donors (Lipinski definition) is 1. The second-order valence-corrected chi connectivity index (χ2v) is 10.5. The molecule has 3 aromatic rings. The van der Waals surface area contributed by atoms with Gasteiger partial charge in [0.25, 0.3) is 0 Å². The van der Waals surface area contributed by atoms with Crippen molar-refractivity contribution in [1.82, 2.24) is 14.4 Å². The summed E-state index contributed by atoms with van der Waals surface area (Å²) in [5.74, 6) is 0.518. The average Bonchev–Trinajstić information content (AvgIpc) is 3.16. The molecule has 8 heteroatoms. The molecule has 0 amide bonds. The summed E-state index contributed by atoms with van der Waals surface area (Å²) >= 11 is 0. The molecule has 1 aliphatic heterocycles. The molecule has 1 fully saturated rings. The van der Waals surface area contributed by atoms with Crippen molar-refractivity contribution in [3.8, 4) is 17.0 Å². The van der Waals surface area contributed by atoms with E-state index in [0.29, 0.717) is 18.1 Å². The molecule has 0 bridgehead atoms. The van der Waals surface area contributed by atoms with Crippen molar-refractivity contribution in [2.45, 2.75) is 50.6 Å². The third-order valence-corrected chi connectivity index (χ3v) is 7.85. The van der Waals surface area contributed by atoms with Gasteiger partial charge in [0.15, 0.2) is 0 Å². The van der Waals surface area contributed by atoms with Gasteiger partial charge in [-0.3, -0.25) is 4.90 Å². The maximum absolute atomic E-state index is 11.9. The van der Waals surface area contributed by atoms with Crippen LogP contribution in [0.15, 0.2) is 42.5 Å². The molecule has 5 rings (SSSR count). The molecule has 1 saturated carbocycles. The molecule has 0 spiro atoms. The summed E-state index contributed by atoms with van der Waals surface area (Å²) in [6, 6.07) is 14.2. The van der Waals surface area contributed by atoms with Gasteiger partial charge in [0.1, 0.15) is 12.4 Å². The number of para-hydroxylation sites is 1. The molecule has 2 aliphatic rings. The Morgan fingerprint density at radius 1 is 1.03 bits per heavy atom. The highest BCUT2D eigenvalue weighted by Gasteiger charge is 2.31. The summed E-state index contributed by atoms with van der Waals surface area (Å²) < 4.78 is 8.87. The van der Waals surface area contributed by atoms with Crippen molar-refractivity contribution in [2.24, 2.45) is 0 Å². The van der Waals surface area contributed by atoms with Crippen molar-refractivity contribution in [3.63, 3.8) is 0 Å². The molecule has 37 heavy (non-hydrogen) atoms. The minimum Gasteiger partial charge on any atom is -0.491 e. The molecule has 202 valence electrons. The van der Waals surface area contributed by atoms with Gasteiger partial charge in [0.05, 0.1) is 17.3 Å². The van der Waals surface area contributed by atoms with E-state index in [2.05, 4.69) is 59.8 Å². The van der Waals surface area contributed by atoms with Gasteiger partial charge in [-0.2, -0.15) is 0 Å². The highest BCUT2D eigenvalue weighted by molar-refractivity contribution is 5.98. The van der Waals surface area contributed by atoms with E-state index in [-0.39, 0.29) is 30.9 Å². The van der Waals surface area contributed by atoms with Gasteiger partial charge in [-0.1, -0.05) is 37.5 Å². The van der Waals surface area contributed by atoms with E-state index in [4.69, 9.17) is 4.74 Å². The molecular weight excluding hydrogens is 509 g/mol. The summed E-state index contributed by atoms with van der Waals surface area (Å²) in [5.41, 5.74) is 5.09. The van der Waals surface area contributed by atoms with E-state index in [1.54, 1.807) is 6.07 Å². The molecule has 1 aromatic heterocycles. The van der Waals surface area contributed by atoms with Crippen molar-refractivity contribution in [1.29, 1.82) is 0 Å². The molecule has 2 heterocycles. The zero-order valence-electron chi connectivity index (χ0n) is 22.0. The average molecular weight is 549 g/mol. The zero-order valence-corrected chi connectivity index (χ0v) is 23.6. The molecular formula is C29H39Cl2N3O3. The quantitative estimate of drug-likeness (QED) is 0.400. The lowest BCUT2D eigenvalue weighted by Gasteiger charge is -2.33. The number of carbonyl (C=O) groups is 1. The maximum Gasteiger partial charge on any atom is 0.335 e. The van der Waals surface area contributed by atoms with E-state index in [9.17, 15) is 9.90 Å². The van der Waals surface area contributed by atoms with Crippen LogP contribution in [0, 0.1) is 0 Å². The van der Waals surface area contributed by atoms with Gasteiger partial charge >= 0.3 is 5.97 Å². The number of rotatable bonds is 6. The molecule has 1 N–H and O–H groups in total. The van der Waals surface area contributed by atoms with Crippen LogP contribution in [0.4, 0.5) is 0 Å². The van der Waals surface area contributed by atoms with E-state index in [1.165, 1.54) is 48.7 Å². The Labute approximate surface area is 232 Å². The first-order valence-electron chi connectivity index (χ1n) is 12.9. The van der Waals surface area contributed by atoms with Gasteiger partial charge in [-0.15, -0.1) is 24.8 Å². The first-order chi connectivity index (χ1) is 16.9. The minimum atomic E-state index is -0.879. The summed E-state index contributed by atoms with van der Waals surface area (Å²) in [5, 5.41) is 11.0. The SMILES string of the molecule is CN(C)CCN(C)[C@H]1COc2ccccc2-c2c(C3CCCCC3)c3ccc(C(=O)O)cc3n2C1.Cl.Cl. The van der Waals surface area contributed by atoms with Crippen molar-refractivity contribution in [3.05, 3.63) is 53.6 Å². The monoisotopic (exact) mass is 547 g/mol. The summed E-state index contributed by atoms with van der Waals surface area (Å²) in [6.07, 6.45) is 6.16. The first-order valence-corrected chi connectivity index (χ1v) is 12.9. The Bertz CT molecular complexity index is 1220. The zero-order chi connectivity index (χ0) is 24.5. The number of halogens is 2. The normalized spacial score (nSPS) is 17.7. The van der Waals surface area contributed by atoms with Crippen LogP contribution in [-0.2, 0) is 6.54 Å². The predicted molar refractivity (Wildman–Crippen MR) is 155 cm³/mol. The van der Waals surface area contributed by atoms with Crippen LogP contribution in [-0.4, -0.2) is 72.3 Å². The molecule has 1 aliphatic carbocycles. The van der Waals surface area contributed by atoms with Crippen LogP contribution in [0.2, 0.25) is 0 Å². The topological polar surface area (TPSA) is 57.9 Å². The van der Waals surface area contributed by atoms with Crippen LogP contribution in [0.25, 0.3) is 22.2 Å². The smallest absolute Gasteiger partial charge is 0.335 e. The third-order valence-electron chi connectivity index (χ3n) is 7.85. The van der Waals surface area contributed by atoms with Crippen LogP contribution in [0.3, 0.4) is 0 Å². The van der Waals surface area contributed by atoms with E-state index >= 15 is 0 Å². The number of aromatic carboxylic acids is 1. The summed E-state index contributed by atoms with van der Waals surface area (Å²) in [6.45, 7) is 3.27. The van der Waals surface area contributed by atoms with E-state index in [0.717, 1.165) is 36.5 Å². The van der Waals surface area contributed by atoms with Crippen molar-refractivity contribution < 1.29 is 14.6 Å². The summed E-state index contributed by atoms with van der Waals surface area (Å²) in [4.78, 5) is 16.5. The first kappa shape index (κ1) is 29.3. The number of aromatic nitrogens is 1. The summed E-state index contributed by atoms with van der Waals surface area (Å²) in [7, 11) is 6.36. The van der Waals surface area contributed by atoms with Gasteiger partial charge in [-0.25, -0.2) is 4.79 Å². The van der Waals surface area contributed by atoms with Crippen molar-refractivity contribution in [2.75, 3.05) is 40.8 Å². The van der Waals surface area contributed by atoms with Gasteiger partial charge in [0, 0.05) is 36.1 Å². The van der Waals surface area contributed by atoms with E-state index in [1.807, 2.05) is 12.1 Å². The number of carboxylic acids is 1. The Morgan fingerprint density at radius 3 is 2.46 bits per heavy atom. The molecule has 2 aromatic carbocycles. The lowest BCUT2D eigenvalue weighted by Crippen LogP contribution is -2.43.